The van der Waals surface area contributed by atoms with Crippen LogP contribution in [0, 0.1) is 124 Å². The molecule has 3 aromatic carbocycles. The molecule has 3 heterocycles. The van der Waals surface area contributed by atoms with Crippen molar-refractivity contribution in [2.24, 2.45) is 124 Å². The van der Waals surface area contributed by atoms with Gasteiger partial charge in [-0.25, -0.2) is 0 Å². The molecule has 0 amide bonds. The first-order chi connectivity index (χ1) is 53.5. The van der Waals surface area contributed by atoms with Crippen molar-refractivity contribution in [3.63, 3.8) is 0 Å². The van der Waals surface area contributed by atoms with Gasteiger partial charge in [0, 0.05) is 41.2 Å². The Kier molecular flexibility index (Phi) is 36.3. The second kappa shape index (κ2) is 41.9. The molecule has 119 heavy (non-hydrogen) atoms. The Labute approximate surface area is 712 Å². The number of ether oxygens (including phenoxy) is 6. The van der Waals surface area contributed by atoms with E-state index in [1.54, 1.807) is 21.3 Å². The highest BCUT2D eigenvalue weighted by Gasteiger charge is 2.75. The number of hydrogen-bond donors (Lipinski definition) is 0. The van der Waals surface area contributed by atoms with Gasteiger partial charge in [0.15, 0.2) is 30.6 Å². The third kappa shape index (κ3) is 22.5. The lowest BCUT2D eigenvalue weighted by molar-refractivity contribution is -0.416. The van der Waals surface area contributed by atoms with Gasteiger partial charge in [0.1, 0.15) is 0 Å². The molecule has 12 saturated carbocycles. The molecule has 26 unspecified atom stereocenters. The Hall–Kier alpha value is -2.89. The van der Waals surface area contributed by atoms with E-state index in [4.69, 9.17) is 41.7 Å². The molecule has 15 aliphatic rings. The summed E-state index contributed by atoms with van der Waals surface area (Å²) in [7, 11) is 0.713. The van der Waals surface area contributed by atoms with Crippen molar-refractivity contribution in [3.8, 4) is 0 Å². The third-order valence-electron chi connectivity index (χ3n) is 31.6. The van der Waals surface area contributed by atoms with Crippen molar-refractivity contribution in [2.75, 3.05) is 41.2 Å². The van der Waals surface area contributed by atoms with Crippen LogP contribution in [-0.4, -0.2) is 127 Å². The van der Waals surface area contributed by atoms with E-state index < -0.39 is 98.2 Å². The van der Waals surface area contributed by atoms with Crippen molar-refractivity contribution < 1.29 is 94.4 Å². The van der Waals surface area contributed by atoms with E-state index in [0.717, 1.165) is 105 Å². The van der Waals surface area contributed by atoms with Gasteiger partial charge < -0.3 is 41.7 Å². The summed E-state index contributed by atoms with van der Waals surface area (Å²) >= 11 is 0. The van der Waals surface area contributed by atoms with Crippen LogP contribution < -0.4 is 15.6 Å². The lowest BCUT2D eigenvalue weighted by Gasteiger charge is -2.45. The second-order valence-corrected chi connectivity index (χ2v) is 50.7. The highest BCUT2D eigenvalue weighted by Crippen LogP contribution is 2.73. The average molecular weight is 1750 g/mol. The summed E-state index contributed by atoms with van der Waals surface area (Å²) in [5.74, 6) is 11.2. The van der Waals surface area contributed by atoms with Gasteiger partial charge in [0.05, 0.1) is 0 Å². The smallest absolute Gasteiger partial charge is 0.416 e. The van der Waals surface area contributed by atoms with Crippen molar-refractivity contribution in [3.05, 3.63) is 91.0 Å². The first-order valence-electron chi connectivity index (χ1n) is 43.4. The van der Waals surface area contributed by atoms with Crippen LogP contribution in [0.4, 0.5) is 52.7 Å². The average Bonchev–Trinajstić information content (AvgIpc) is 1.56. The number of benzene rings is 3. The maximum absolute atomic E-state index is 14.0. The van der Waals surface area contributed by atoms with E-state index in [1.807, 2.05) is 18.2 Å². The van der Waals surface area contributed by atoms with Gasteiger partial charge in [-0.2, -0.15) is 52.7 Å². The first kappa shape index (κ1) is 103. The molecule has 12 bridgehead atoms. The summed E-state index contributed by atoms with van der Waals surface area (Å²) in [5.41, 5.74) is -6.21. The van der Waals surface area contributed by atoms with Crippen molar-refractivity contribution >= 4 is 40.5 Å². The van der Waals surface area contributed by atoms with Crippen LogP contribution in [0.2, 0.25) is 39.3 Å². The molecule has 9 nitrogen and oxygen atoms in total. The number of hydrogen-bond acceptors (Lipinski definition) is 9. The molecule has 0 aromatic heterocycles. The molecule has 0 N–H and O–H groups in total. The fourth-order valence-electron chi connectivity index (χ4n) is 26.1. The zero-order valence-electron chi connectivity index (χ0n) is 68.5. The molecule has 15 fully saturated rings. The fourth-order valence-corrected chi connectivity index (χ4v) is 29.8. The number of alkyl halides is 12. The summed E-state index contributed by atoms with van der Waals surface area (Å²) in [4.78, 5) is 0. The SMILES string of the molecule is C.C.C.C.C.C.CC(CC1CC2CC1C1C3CCC(C3)C21)(OC1CCCCO1)C(F)(F)F.CO[Si](C)(C)c1ccccc1.CO[Si](C)(C)c1ccccc1.CO[Si](C)(C)c1ccccc1.FC(F)(F)C(CC1CC2CC1C1C3CCC(C3)C21)(OC1CCCCO1)C(F)(F)F.FC(F)(F)C(CC1CC2CC1C1C3CCC(C3)C21)OC1CCCCO1. The van der Waals surface area contributed by atoms with Gasteiger partial charge in [-0.1, -0.05) is 136 Å². The normalized spacial score (nSPS) is 35.2. The van der Waals surface area contributed by atoms with Crippen LogP contribution in [0.5, 0.6) is 0 Å². The van der Waals surface area contributed by atoms with Gasteiger partial charge in [-0.05, 0) is 359 Å². The van der Waals surface area contributed by atoms with E-state index in [2.05, 4.69) is 112 Å². The van der Waals surface area contributed by atoms with E-state index >= 15 is 0 Å². The molecule has 3 saturated heterocycles. The van der Waals surface area contributed by atoms with Crippen LogP contribution >= 0.6 is 0 Å². The van der Waals surface area contributed by atoms with Crippen LogP contribution in [0.15, 0.2) is 91.0 Å². The van der Waals surface area contributed by atoms with Crippen LogP contribution in [0.1, 0.15) is 225 Å². The molecule has 0 spiro atoms. The predicted octanol–water partition coefficient (Wildman–Crippen LogP) is 25.9. The van der Waals surface area contributed by atoms with E-state index in [-0.39, 0.29) is 88.2 Å². The van der Waals surface area contributed by atoms with Gasteiger partial charge in [0.25, 0.3) is 5.60 Å². The summed E-state index contributed by atoms with van der Waals surface area (Å²) in [5, 5.41) is 4.05. The highest BCUT2D eigenvalue weighted by atomic mass is 28.4. The van der Waals surface area contributed by atoms with E-state index in [9.17, 15) is 52.7 Å². The zero-order chi connectivity index (χ0) is 80.8. The Morgan fingerprint density at radius 2 is 0.647 bits per heavy atom. The molecule has 3 aromatic rings. The topological polar surface area (TPSA) is 83.1 Å². The first-order valence-corrected chi connectivity index (χ1v) is 52.1. The van der Waals surface area contributed by atoms with Gasteiger partial charge in [0.2, 0.25) is 25.0 Å². The Morgan fingerprint density at radius 3 is 0.950 bits per heavy atom. The number of rotatable bonds is 18. The summed E-state index contributed by atoms with van der Waals surface area (Å²) < 4.78 is 215. The standard InChI is InChI=1S/C21H28F6O2.C21H31F3O2.C20H29F3O2.3C9H14OSi.6CH4/c22-20(23,24)19(21(25,26)27,29-16-3-1-2-6-28-16)10-14-8-13-9-15(14)18-12-5-4-11(7-12)17(13)18;1-20(21(22,23)24,26-17-4-2-3-7-25-17)11-15-9-14-10-16(15)19-13-6-5-12(8-13)18(14)19;21-20(22,23)16(25-17-3-1-2-6-24-17)10-13-8-14-9-15(13)19-12-5-4-11(7-12)18(14)19;3*1-10-11(2,3)9-7-5-4-6-8-9;;;;;;/h11-18H,1-10H2;12-19H,2-11H2,1H3;11-19H,1-10H2;3*4-8H,1-3H3;6*1H4. The largest absolute Gasteiger partial charge is 0.426 e. The monoisotopic (exact) mass is 1750 g/mol. The number of halogens is 12. The van der Waals surface area contributed by atoms with Gasteiger partial charge in [-0.15, -0.1) is 0 Å². The van der Waals surface area contributed by atoms with Crippen LogP contribution in [0.3, 0.4) is 0 Å². The Morgan fingerprint density at radius 1 is 0.345 bits per heavy atom. The minimum Gasteiger partial charge on any atom is -0.416 e. The lowest BCUT2D eigenvalue weighted by atomic mass is 9.65. The van der Waals surface area contributed by atoms with Crippen LogP contribution in [0.25, 0.3) is 0 Å². The molecule has 684 valence electrons. The van der Waals surface area contributed by atoms with Gasteiger partial charge in [-0.3, -0.25) is 0 Å². The zero-order valence-corrected chi connectivity index (χ0v) is 71.5. The molecule has 12 aliphatic carbocycles. The minimum atomic E-state index is -5.53. The van der Waals surface area contributed by atoms with Crippen molar-refractivity contribution in [1.29, 1.82) is 0 Å². The van der Waals surface area contributed by atoms with Crippen molar-refractivity contribution in [1.82, 2.24) is 0 Å². The maximum Gasteiger partial charge on any atom is 0.426 e. The summed E-state index contributed by atoms with van der Waals surface area (Å²) in [6, 6.07) is 31.3. The van der Waals surface area contributed by atoms with Crippen LogP contribution in [-0.2, 0) is 41.7 Å². The number of fused-ring (bicyclic) bond motifs is 27. The van der Waals surface area contributed by atoms with Gasteiger partial charge >= 0.3 is 24.7 Å². The molecule has 26 atom stereocenters. The molecular weight excluding hydrogens is 1600 g/mol. The molecular formula is C95H154F12O9Si3. The van der Waals surface area contributed by atoms with Crippen molar-refractivity contribution in [2.45, 2.75) is 325 Å². The molecule has 3 aliphatic heterocycles. The summed E-state index contributed by atoms with van der Waals surface area (Å²) in [6.45, 7) is 15.6. The van der Waals surface area contributed by atoms with E-state index in [0.29, 0.717) is 98.6 Å². The maximum atomic E-state index is 14.0. The Balaban J connectivity index is 0.000000204. The van der Waals surface area contributed by atoms with E-state index in [1.165, 1.54) is 80.3 Å². The third-order valence-corrected chi connectivity index (χ3v) is 39.8. The Bertz CT molecular complexity index is 3330. The summed E-state index contributed by atoms with van der Waals surface area (Å²) in [6.07, 6.45) is -1.61. The predicted molar refractivity (Wildman–Crippen MR) is 462 cm³/mol. The quantitative estimate of drug-likeness (QED) is 0.0702. The lowest BCUT2D eigenvalue weighted by Crippen LogP contribution is -2.62. The second-order valence-electron chi connectivity index (χ2n) is 38.7. The molecule has 24 heteroatoms. The molecule has 18 rings (SSSR count). The fraction of sp³-hybridized carbons (Fsp3) is 0.811. The minimum absolute atomic E-state index is 0. The molecule has 0 radical (unpaired) electrons. The highest BCUT2D eigenvalue weighted by molar-refractivity contribution is 6.85.